The molecule has 134 valence electrons. The zero-order chi connectivity index (χ0) is 17.9. The Morgan fingerprint density at radius 1 is 0.923 bits per heavy atom. The van der Waals surface area contributed by atoms with Crippen molar-refractivity contribution in [2.75, 3.05) is 19.6 Å². The molecule has 0 unspecified atom stereocenters. The molecule has 0 bridgehead atoms. The molecule has 1 fully saturated rings. The second kappa shape index (κ2) is 7.28. The third-order valence-electron chi connectivity index (χ3n) is 5.48. The van der Waals surface area contributed by atoms with Gasteiger partial charge in [0.25, 0.3) is 5.91 Å². The molecule has 0 spiro atoms. The van der Waals surface area contributed by atoms with Gasteiger partial charge in [0.2, 0.25) is 5.91 Å². The van der Waals surface area contributed by atoms with Crippen LogP contribution in [0.3, 0.4) is 0 Å². The predicted octanol–water partition coefficient (Wildman–Crippen LogP) is 2.52. The quantitative estimate of drug-likeness (QED) is 0.837. The summed E-state index contributed by atoms with van der Waals surface area (Å²) in [6.07, 6.45) is 5.68. The molecule has 2 amide bonds. The van der Waals surface area contributed by atoms with Crippen molar-refractivity contribution < 1.29 is 9.59 Å². The summed E-state index contributed by atoms with van der Waals surface area (Å²) < 4.78 is 0. The highest BCUT2D eigenvalue weighted by molar-refractivity contribution is 5.94. The summed E-state index contributed by atoms with van der Waals surface area (Å²) >= 11 is 0. The number of amides is 2. The lowest BCUT2D eigenvalue weighted by molar-refractivity contribution is -0.137. The van der Waals surface area contributed by atoms with Crippen LogP contribution in [0, 0.1) is 5.92 Å². The third-order valence-corrected chi connectivity index (χ3v) is 5.48. The van der Waals surface area contributed by atoms with Crippen molar-refractivity contribution >= 4 is 11.8 Å². The largest absolute Gasteiger partial charge is 0.339 e. The van der Waals surface area contributed by atoms with Crippen LogP contribution in [0.4, 0.5) is 0 Å². The van der Waals surface area contributed by atoms with Gasteiger partial charge in [0.15, 0.2) is 0 Å². The van der Waals surface area contributed by atoms with Gasteiger partial charge in [-0.15, -0.1) is 0 Å². The second-order valence-corrected chi connectivity index (χ2v) is 7.09. The highest BCUT2D eigenvalue weighted by Gasteiger charge is 2.31. The topological polar surface area (TPSA) is 53.5 Å². The maximum Gasteiger partial charge on any atom is 0.255 e. The van der Waals surface area contributed by atoms with Gasteiger partial charge < -0.3 is 9.80 Å². The first-order valence-corrected chi connectivity index (χ1v) is 9.27. The van der Waals surface area contributed by atoms with Gasteiger partial charge >= 0.3 is 0 Å². The number of fused-ring (bicyclic) bond motifs is 1. The van der Waals surface area contributed by atoms with E-state index in [1.165, 1.54) is 11.1 Å². The molecule has 1 saturated heterocycles. The summed E-state index contributed by atoms with van der Waals surface area (Å²) in [6.45, 7) is 2.78. The normalized spacial score (nSPS) is 17.7. The number of carbonyl (C=O) groups excluding carboxylic acids is 2. The average molecular weight is 349 g/mol. The van der Waals surface area contributed by atoms with Crippen molar-refractivity contribution in [2.24, 2.45) is 5.92 Å². The van der Waals surface area contributed by atoms with Crippen molar-refractivity contribution in [1.29, 1.82) is 0 Å². The van der Waals surface area contributed by atoms with Gasteiger partial charge in [0.1, 0.15) is 0 Å². The van der Waals surface area contributed by atoms with Crippen molar-refractivity contribution in [3.05, 3.63) is 65.5 Å². The number of piperidine rings is 1. The Balaban J connectivity index is 1.35. The number of carbonyl (C=O) groups is 2. The molecule has 1 aromatic carbocycles. The van der Waals surface area contributed by atoms with E-state index in [4.69, 9.17) is 0 Å². The molecule has 26 heavy (non-hydrogen) atoms. The van der Waals surface area contributed by atoms with E-state index in [1.807, 2.05) is 15.9 Å². The fourth-order valence-corrected chi connectivity index (χ4v) is 3.94. The van der Waals surface area contributed by atoms with Crippen molar-refractivity contribution in [3.63, 3.8) is 0 Å². The van der Waals surface area contributed by atoms with E-state index < -0.39 is 0 Å². The van der Waals surface area contributed by atoms with E-state index in [1.54, 1.807) is 24.5 Å². The first-order chi connectivity index (χ1) is 12.7. The summed E-state index contributed by atoms with van der Waals surface area (Å²) in [5, 5.41) is 0. The second-order valence-electron chi connectivity index (χ2n) is 7.09. The number of hydrogen-bond donors (Lipinski definition) is 0. The summed E-state index contributed by atoms with van der Waals surface area (Å²) in [5.41, 5.74) is 3.23. The fraction of sp³-hybridized carbons (Fsp3) is 0.381. The monoisotopic (exact) mass is 349 g/mol. The van der Waals surface area contributed by atoms with Gasteiger partial charge in [-0.05, 0) is 42.5 Å². The number of benzene rings is 1. The summed E-state index contributed by atoms with van der Waals surface area (Å²) in [6, 6.07) is 11.9. The minimum atomic E-state index is 0.0101. The van der Waals surface area contributed by atoms with Crippen LogP contribution >= 0.6 is 0 Å². The van der Waals surface area contributed by atoms with Crippen LogP contribution in [0.2, 0.25) is 0 Å². The van der Waals surface area contributed by atoms with Gasteiger partial charge in [0.05, 0.1) is 5.56 Å². The van der Waals surface area contributed by atoms with E-state index >= 15 is 0 Å². The van der Waals surface area contributed by atoms with Crippen molar-refractivity contribution in [1.82, 2.24) is 14.8 Å². The number of nitrogens with zero attached hydrogens (tertiary/aromatic N) is 3. The maximum absolute atomic E-state index is 12.9. The van der Waals surface area contributed by atoms with Gasteiger partial charge in [-0.1, -0.05) is 24.3 Å². The van der Waals surface area contributed by atoms with E-state index in [2.05, 4.69) is 23.2 Å². The standard InChI is InChI=1S/C21H23N3O2/c25-20(24-13-7-16-4-1-2-5-19(16)15-24)17-8-11-23(12-9-17)21(26)18-6-3-10-22-14-18/h1-6,10,14,17H,7-9,11-13,15H2. The third kappa shape index (κ3) is 3.34. The highest BCUT2D eigenvalue weighted by atomic mass is 16.2. The van der Waals surface area contributed by atoms with Gasteiger partial charge in [-0.25, -0.2) is 0 Å². The lowest BCUT2D eigenvalue weighted by atomic mass is 9.93. The molecule has 2 aliphatic rings. The molecule has 2 aromatic rings. The molecule has 1 aromatic heterocycles. The number of pyridine rings is 1. The van der Waals surface area contributed by atoms with Crippen molar-refractivity contribution in [2.45, 2.75) is 25.8 Å². The minimum Gasteiger partial charge on any atom is -0.339 e. The van der Waals surface area contributed by atoms with E-state index in [-0.39, 0.29) is 17.7 Å². The predicted molar refractivity (Wildman–Crippen MR) is 98.4 cm³/mol. The molecule has 4 rings (SSSR count). The van der Waals surface area contributed by atoms with E-state index in [0.717, 1.165) is 25.8 Å². The van der Waals surface area contributed by atoms with Gasteiger partial charge in [-0.2, -0.15) is 0 Å². The van der Waals surface area contributed by atoms with Crippen LogP contribution < -0.4 is 0 Å². The van der Waals surface area contributed by atoms with Gasteiger partial charge in [-0.3, -0.25) is 14.6 Å². The zero-order valence-corrected chi connectivity index (χ0v) is 14.8. The van der Waals surface area contributed by atoms with Crippen LogP contribution in [-0.2, 0) is 17.8 Å². The summed E-state index contributed by atoms with van der Waals surface area (Å²) in [5.74, 6) is 0.280. The van der Waals surface area contributed by atoms with Crippen LogP contribution in [-0.4, -0.2) is 46.2 Å². The maximum atomic E-state index is 12.9. The lowest BCUT2D eigenvalue weighted by Crippen LogP contribution is -2.45. The molecule has 2 aliphatic heterocycles. The van der Waals surface area contributed by atoms with Crippen LogP contribution in [0.25, 0.3) is 0 Å². The first kappa shape index (κ1) is 16.8. The molecular formula is C21H23N3O2. The molecule has 0 N–H and O–H groups in total. The van der Waals surface area contributed by atoms with E-state index in [0.29, 0.717) is 25.2 Å². The Hall–Kier alpha value is -2.69. The SMILES string of the molecule is O=C(c1cccnc1)N1CCC(C(=O)N2CCc3ccccc3C2)CC1. The average Bonchev–Trinajstić information content (AvgIpc) is 2.73. The molecule has 0 atom stereocenters. The number of aromatic nitrogens is 1. The summed E-state index contributed by atoms with van der Waals surface area (Å²) in [4.78, 5) is 33.3. The smallest absolute Gasteiger partial charge is 0.255 e. The molecule has 5 nitrogen and oxygen atoms in total. The molecule has 0 radical (unpaired) electrons. The Bertz CT molecular complexity index is 798. The molecule has 3 heterocycles. The van der Waals surface area contributed by atoms with Gasteiger partial charge in [0, 0.05) is 44.5 Å². The lowest BCUT2D eigenvalue weighted by Gasteiger charge is -2.36. The van der Waals surface area contributed by atoms with Crippen LogP contribution in [0.1, 0.15) is 34.3 Å². The van der Waals surface area contributed by atoms with E-state index in [9.17, 15) is 9.59 Å². The first-order valence-electron chi connectivity index (χ1n) is 9.27. The Morgan fingerprint density at radius 2 is 1.69 bits per heavy atom. The Kier molecular flexibility index (Phi) is 4.69. The molecule has 0 aliphatic carbocycles. The molecule has 0 saturated carbocycles. The van der Waals surface area contributed by atoms with Crippen LogP contribution in [0.15, 0.2) is 48.8 Å². The number of likely N-dealkylation sites (tertiary alicyclic amines) is 1. The highest BCUT2D eigenvalue weighted by Crippen LogP contribution is 2.25. The molecular weight excluding hydrogens is 326 g/mol. The van der Waals surface area contributed by atoms with Crippen LogP contribution in [0.5, 0.6) is 0 Å². The van der Waals surface area contributed by atoms with Crippen molar-refractivity contribution in [3.8, 4) is 0 Å². The number of hydrogen-bond acceptors (Lipinski definition) is 3. The zero-order valence-electron chi connectivity index (χ0n) is 14.8. The Morgan fingerprint density at radius 3 is 2.42 bits per heavy atom. The number of rotatable bonds is 2. The minimum absolute atomic E-state index is 0.0101. The summed E-state index contributed by atoms with van der Waals surface area (Å²) in [7, 11) is 0. The molecule has 5 heteroatoms. The Labute approximate surface area is 153 Å². The fourth-order valence-electron chi connectivity index (χ4n) is 3.94.